The maximum absolute atomic E-state index is 13.1. The van der Waals surface area contributed by atoms with Crippen LogP contribution in [0.2, 0.25) is 0 Å². The Balaban J connectivity index is 2.04. The number of nitrogens with zero attached hydrogens (tertiary/aromatic N) is 1. The Morgan fingerprint density at radius 2 is 1.86 bits per heavy atom. The fraction of sp³-hybridized carbons (Fsp3) is 0.227. The summed E-state index contributed by atoms with van der Waals surface area (Å²) in [5.74, 6) is -0.361. The van der Waals surface area contributed by atoms with E-state index < -0.39 is 17.8 Å². The maximum atomic E-state index is 13.1. The topological polar surface area (TPSA) is 84.9 Å². The molecule has 0 aromatic heterocycles. The number of hydrogen-bond donors (Lipinski definition) is 1. The van der Waals surface area contributed by atoms with Gasteiger partial charge in [-0.2, -0.15) is 0 Å². The van der Waals surface area contributed by atoms with Crippen LogP contribution in [0.25, 0.3) is 6.08 Å². The number of nitrogens with one attached hydrogen (secondary N) is 1. The summed E-state index contributed by atoms with van der Waals surface area (Å²) in [6.45, 7) is 4.23. The number of para-hydroxylation sites is 1. The van der Waals surface area contributed by atoms with Crippen LogP contribution in [-0.2, 0) is 9.59 Å². The van der Waals surface area contributed by atoms with Crippen LogP contribution >= 0.6 is 0 Å². The van der Waals surface area contributed by atoms with Gasteiger partial charge >= 0.3 is 6.03 Å². The second-order valence-corrected chi connectivity index (χ2v) is 6.50. The number of amides is 4. The van der Waals surface area contributed by atoms with Crippen molar-refractivity contribution < 1.29 is 23.9 Å². The van der Waals surface area contributed by atoms with E-state index >= 15 is 0 Å². The highest BCUT2D eigenvalue weighted by atomic mass is 16.5. The molecule has 2 aromatic rings. The monoisotopic (exact) mass is 394 g/mol. The molecule has 0 aliphatic carbocycles. The van der Waals surface area contributed by atoms with Crippen LogP contribution in [0.1, 0.15) is 24.5 Å². The number of benzene rings is 2. The smallest absolute Gasteiger partial charge is 0.335 e. The molecule has 0 spiro atoms. The van der Waals surface area contributed by atoms with Crippen molar-refractivity contribution >= 4 is 29.6 Å². The minimum Gasteiger partial charge on any atom is -0.497 e. The summed E-state index contributed by atoms with van der Waals surface area (Å²) in [7, 11) is 1.54. The number of anilines is 1. The van der Waals surface area contributed by atoms with E-state index in [0.717, 1.165) is 16.9 Å². The second kappa shape index (κ2) is 8.60. The highest BCUT2D eigenvalue weighted by Crippen LogP contribution is 2.29. The Kier molecular flexibility index (Phi) is 5.97. The molecule has 7 heteroatoms. The number of methoxy groups -OCH3 is 1. The van der Waals surface area contributed by atoms with Gasteiger partial charge in [0.2, 0.25) is 0 Å². The van der Waals surface area contributed by atoms with Gasteiger partial charge in [0.1, 0.15) is 17.1 Å². The van der Waals surface area contributed by atoms with Gasteiger partial charge in [0.25, 0.3) is 11.8 Å². The molecule has 0 bridgehead atoms. The number of urea groups is 1. The van der Waals surface area contributed by atoms with Crippen molar-refractivity contribution in [1.29, 1.82) is 0 Å². The first kappa shape index (κ1) is 20.1. The molecule has 4 amide bonds. The van der Waals surface area contributed by atoms with Crippen LogP contribution in [-0.4, -0.2) is 31.6 Å². The van der Waals surface area contributed by atoms with Crippen molar-refractivity contribution in [3.05, 3.63) is 59.2 Å². The van der Waals surface area contributed by atoms with Crippen LogP contribution in [0.5, 0.6) is 11.5 Å². The van der Waals surface area contributed by atoms with Crippen molar-refractivity contribution in [3.63, 3.8) is 0 Å². The number of hydrogen-bond acceptors (Lipinski definition) is 5. The summed E-state index contributed by atoms with van der Waals surface area (Å²) in [6, 6.07) is 11.3. The summed E-state index contributed by atoms with van der Waals surface area (Å²) in [6.07, 6.45) is 2.22. The van der Waals surface area contributed by atoms with E-state index in [1.54, 1.807) is 50.4 Å². The first-order valence-electron chi connectivity index (χ1n) is 9.24. The molecule has 0 saturated carbocycles. The van der Waals surface area contributed by atoms with Crippen LogP contribution in [0.3, 0.4) is 0 Å². The number of aryl methyl sites for hydroxylation is 1. The first-order chi connectivity index (χ1) is 14.0. The molecule has 1 N–H and O–H groups in total. The molecule has 0 atom stereocenters. The van der Waals surface area contributed by atoms with Gasteiger partial charge in [0.15, 0.2) is 0 Å². The fourth-order valence-corrected chi connectivity index (χ4v) is 2.94. The summed E-state index contributed by atoms with van der Waals surface area (Å²) in [5.41, 5.74) is 1.54. The molecule has 2 aromatic carbocycles. The molecule has 1 aliphatic heterocycles. The van der Waals surface area contributed by atoms with Crippen molar-refractivity contribution in [1.82, 2.24) is 5.32 Å². The van der Waals surface area contributed by atoms with Crippen LogP contribution in [0, 0.1) is 6.92 Å². The predicted octanol–water partition coefficient (Wildman–Crippen LogP) is 3.46. The minimum absolute atomic E-state index is 0.153. The lowest BCUT2D eigenvalue weighted by molar-refractivity contribution is -0.122. The number of rotatable bonds is 6. The van der Waals surface area contributed by atoms with Crippen LogP contribution < -0.4 is 19.7 Å². The molecule has 1 saturated heterocycles. The fourth-order valence-electron chi connectivity index (χ4n) is 2.94. The van der Waals surface area contributed by atoms with E-state index in [4.69, 9.17) is 9.47 Å². The van der Waals surface area contributed by atoms with E-state index in [0.29, 0.717) is 29.4 Å². The molecule has 150 valence electrons. The van der Waals surface area contributed by atoms with Gasteiger partial charge in [-0.1, -0.05) is 25.1 Å². The van der Waals surface area contributed by atoms with E-state index in [2.05, 4.69) is 5.32 Å². The van der Waals surface area contributed by atoms with Crippen LogP contribution in [0.4, 0.5) is 10.5 Å². The number of carbonyl (C=O) groups is 3. The SMILES string of the molecule is CCCOc1cc(OC)ccc1/C=C1\C(=O)NC(=O)N(c2ccccc2C)C1=O. The standard InChI is InChI=1S/C22H22N2O5/c1-4-11-29-19-13-16(28-3)10-9-15(19)12-17-20(25)23-22(27)24(21(17)26)18-8-6-5-7-14(18)2/h5-10,12-13H,4,11H2,1-3H3,(H,23,25,27)/b17-12+. The van der Waals surface area contributed by atoms with Crippen molar-refractivity contribution in [2.45, 2.75) is 20.3 Å². The van der Waals surface area contributed by atoms with Crippen molar-refractivity contribution in [2.24, 2.45) is 0 Å². The Morgan fingerprint density at radius 3 is 2.55 bits per heavy atom. The van der Waals surface area contributed by atoms with Crippen molar-refractivity contribution in [3.8, 4) is 11.5 Å². The Hall–Kier alpha value is -3.61. The van der Waals surface area contributed by atoms with Crippen LogP contribution in [0.15, 0.2) is 48.0 Å². The second-order valence-electron chi connectivity index (χ2n) is 6.50. The number of barbiturate groups is 1. The van der Waals surface area contributed by atoms with Gasteiger partial charge in [-0.25, -0.2) is 9.69 Å². The zero-order valence-corrected chi connectivity index (χ0v) is 16.5. The molecular weight excluding hydrogens is 372 g/mol. The zero-order chi connectivity index (χ0) is 21.0. The average molecular weight is 394 g/mol. The van der Waals surface area contributed by atoms with E-state index in [1.807, 2.05) is 13.0 Å². The summed E-state index contributed by atoms with van der Waals surface area (Å²) < 4.78 is 11.0. The highest BCUT2D eigenvalue weighted by Gasteiger charge is 2.37. The lowest BCUT2D eigenvalue weighted by Crippen LogP contribution is -2.54. The maximum Gasteiger partial charge on any atom is 0.335 e. The van der Waals surface area contributed by atoms with Gasteiger partial charge in [-0.15, -0.1) is 0 Å². The van der Waals surface area contributed by atoms with Gasteiger partial charge in [-0.3, -0.25) is 14.9 Å². The Morgan fingerprint density at radius 1 is 1.10 bits per heavy atom. The summed E-state index contributed by atoms with van der Waals surface area (Å²) in [5, 5.41) is 2.23. The highest BCUT2D eigenvalue weighted by molar-refractivity contribution is 6.39. The molecule has 1 heterocycles. The molecule has 7 nitrogen and oxygen atoms in total. The Bertz CT molecular complexity index is 996. The lowest BCUT2D eigenvalue weighted by atomic mass is 10.0. The normalized spacial score (nSPS) is 15.5. The molecule has 29 heavy (non-hydrogen) atoms. The third-order valence-corrected chi connectivity index (χ3v) is 4.44. The van der Waals surface area contributed by atoms with E-state index in [9.17, 15) is 14.4 Å². The molecular formula is C22H22N2O5. The first-order valence-corrected chi connectivity index (χ1v) is 9.24. The molecule has 1 fully saturated rings. The number of ether oxygens (including phenoxy) is 2. The largest absolute Gasteiger partial charge is 0.497 e. The van der Waals surface area contributed by atoms with Gasteiger partial charge < -0.3 is 9.47 Å². The van der Waals surface area contributed by atoms with E-state index in [-0.39, 0.29) is 5.57 Å². The Labute approximate surface area is 168 Å². The van der Waals surface area contributed by atoms with E-state index in [1.165, 1.54) is 6.08 Å². The van der Waals surface area contributed by atoms with Gasteiger partial charge in [-0.05, 0) is 43.2 Å². The van der Waals surface area contributed by atoms with Crippen molar-refractivity contribution in [2.75, 3.05) is 18.6 Å². The lowest BCUT2D eigenvalue weighted by Gasteiger charge is -2.27. The predicted molar refractivity (Wildman–Crippen MR) is 109 cm³/mol. The number of imide groups is 2. The molecule has 0 unspecified atom stereocenters. The minimum atomic E-state index is -0.774. The molecule has 0 radical (unpaired) electrons. The number of carbonyl (C=O) groups excluding carboxylic acids is 3. The third-order valence-electron chi connectivity index (χ3n) is 4.44. The average Bonchev–Trinajstić information content (AvgIpc) is 2.71. The third kappa shape index (κ3) is 4.13. The summed E-state index contributed by atoms with van der Waals surface area (Å²) in [4.78, 5) is 38.8. The quantitative estimate of drug-likeness (QED) is 0.599. The molecule has 3 rings (SSSR count). The zero-order valence-electron chi connectivity index (χ0n) is 16.5. The van der Waals surface area contributed by atoms with Gasteiger partial charge in [0, 0.05) is 11.6 Å². The molecule has 1 aliphatic rings. The van der Waals surface area contributed by atoms with Gasteiger partial charge in [0.05, 0.1) is 19.4 Å². The summed E-state index contributed by atoms with van der Waals surface area (Å²) >= 11 is 0.